The second-order valence-corrected chi connectivity index (χ2v) is 5.77. The predicted octanol–water partition coefficient (Wildman–Crippen LogP) is 3.22. The fourth-order valence-corrected chi connectivity index (χ4v) is 2.69. The van der Waals surface area contributed by atoms with E-state index < -0.39 is 0 Å². The van der Waals surface area contributed by atoms with Crippen LogP contribution in [0.5, 0.6) is 23.0 Å². The summed E-state index contributed by atoms with van der Waals surface area (Å²) in [7, 11) is 4.61. The molecule has 0 aliphatic rings. The Morgan fingerprint density at radius 2 is 1.78 bits per heavy atom. The molecular formula is C18H18N4O4S. The molecule has 0 radical (unpaired) electrons. The van der Waals surface area contributed by atoms with Crippen LogP contribution in [0.25, 0.3) is 11.4 Å². The number of H-pyrrole nitrogens is 1. The number of rotatable bonds is 6. The Bertz CT molecular complexity index is 1020. The van der Waals surface area contributed by atoms with Gasteiger partial charge in [-0.3, -0.25) is 0 Å². The van der Waals surface area contributed by atoms with Crippen molar-refractivity contribution in [2.45, 2.75) is 0 Å². The van der Waals surface area contributed by atoms with Gasteiger partial charge in [0.1, 0.15) is 5.75 Å². The normalized spacial score (nSPS) is 10.9. The lowest BCUT2D eigenvalue weighted by molar-refractivity contribution is 0.324. The van der Waals surface area contributed by atoms with Gasteiger partial charge in [-0.25, -0.2) is 5.10 Å². The first-order valence-electron chi connectivity index (χ1n) is 7.89. The largest absolute Gasteiger partial charge is 0.507 e. The zero-order chi connectivity index (χ0) is 19.4. The Hall–Kier alpha value is -3.33. The molecule has 8 nitrogen and oxygen atoms in total. The first kappa shape index (κ1) is 18.5. The molecule has 0 saturated heterocycles. The van der Waals surface area contributed by atoms with E-state index in [4.69, 9.17) is 26.4 Å². The topological polar surface area (TPSA) is 93.9 Å². The summed E-state index contributed by atoms with van der Waals surface area (Å²) in [6.45, 7) is 0. The van der Waals surface area contributed by atoms with Crippen LogP contribution in [0.3, 0.4) is 0 Å². The second-order valence-electron chi connectivity index (χ2n) is 5.38. The van der Waals surface area contributed by atoms with Crippen LogP contribution >= 0.6 is 12.2 Å². The summed E-state index contributed by atoms with van der Waals surface area (Å²) in [4.78, 5) is 0. The van der Waals surface area contributed by atoms with E-state index in [9.17, 15) is 5.11 Å². The Labute approximate surface area is 160 Å². The van der Waals surface area contributed by atoms with E-state index >= 15 is 0 Å². The van der Waals surface area contributed by atoms with Gasteiger partial charge in [0.05, 0.1) is 27.5 Å². The molecule has 27 heavy (non-hydrogen) atoms. The Kier molecular flexibility index (Phi) is 5.41. The van der Waals surface area contributed by atoms with E-state index in [0.29, 0.717) is 39.0 Å². The van der Waals surface area contributed by atoms with Gasteiger partial charge in [0.15, 0.2) is 17.3 Å². The Morgan fingerprint density at radius 1 is 1.11 bits per heavy atom. The molecule has 3 aromatic rings. The molecule has 0 saturated carbocycles. The van der Waals surface area contributed by atoms with Crippen molar-refractivity contribution in [3.63, 3.8) is 0 Å². The van der Waals surface area contributed by atoms with Crippen molar-refractivity contribution in [3.8, 4) is 34.4 Å². The number of ether oxygens (including phenoxy) is 3. The smallest absolute Gasteiger partial charge is 0.216 e. The monoisotopic (exact) mass is 386 g/mol. The van der Waals surface area contributed by atoms with Crippen LogP contribution in [-0.2, 0) is 0 Å². The third kappa shape index (κ3) is 3.63. The van der Waals surface area contributed by atoms with Gasteiger partial charge in [-0.2, -0.15) is 14.9 Å². The van der Waals surface area contributed by atoms with Gasteiger partial charge >= 0.3 is 0 Å². The molecule has 0 bridgehead atoms. The highest BCUT2D eigenvalue weighted by atomic mass is 32.1. The van der Waals surface area contributed by atoms with Gasteiger partial charge in [-0.15, -0.1) is 0 Å². The van der Waals surface area contributed by atoms with E-state index in [1.807, 2.05) is 0 Å². The third-order valence-electron chi connectivity index (χ3n) is 3.82. The fraction of sp³-hybridized carbons (Fsp3) is 0.167. The molecule has 3 rings (SSSR count). The lowest BCUT2D eigenvalue weighted by atomic mass is 10.1. The summed E-state index contributed by atoms with van der Waals surface area (Å²) in [6, 6.07) is 10.3. The molecule has 0 spiro atoms. The molecule has 1 aromatic heterocycles. The number of aromatic nitrogens is 3. The van der Waals surface area contributed by atoms with E-state index in [-0.39, 0.29) is 5.75 Å². The van der Waals surface area contributed by atoms with Crippen molar-refractivity contribution >= 4 is 18.4 Å². The summed E-state index contributed by atoms with van der Waals surface area (Å²) in [5, 5.41) is 21.2. The number of nitrogens with zero attached hydrogens (tertiary/aromatic N) is 3. The molecule has 0 fully saturated rings. The van der Waals surface area contributed by atoms with Crippen molar-refractivity contribution in [1.82, 2.24) is 14.9 Å². The van der Waals surface area contributed by atoms with E-state index in [2.05, 4.69) is 15.3 Å². The SMILES string of the molecule is COc1cc(-c2n[nH]c(=S)n2/N=C/c2ccccc2O)cc(OC)c1OC. The molecule has 0 atom stereocenters. The number of hydrogen-bond acceptors (Lipinski definition) is 7. The standard InChI is InChI=1S/C18H18N4O4S/c1-24-14-8-12(9-15(25-2)16(14)26-3)17-20-21-18(27)22(17)19-10-11-6-4-5-7-13(11)23/h4-10,23H,1-3H3,(H,21,27)/b19-10+. The van der Waals surface area contributed by atoms with Crippen LogP contribution in [0.1, 0.15) is 5.56 Å². The summed E-state index contributed by atoms with van der Waals surface area (Å²) in [5.41, 5.74) is 1.21. The van der Waals surface area contributed by atoms with Gasteiger partial charge in [-0.05, 0) is 36.5 Å². The summed E-state index contributed by atoms with van der Waals surface area (Å²) in [5.74, 6) is 2.01. The molecule has 2 N–H and O–H groups in total. The highest BCUT2D eigenvalue weighted by Crippen LogP contribution is 2.40. The van der Waals surface area contributed by atoms with Crippen molar-refractivity contribution < 1.29 is 19.3 Å². The highest BCUT2D eigenvalue weighted by molar-refractivity contribution is 7.71. The molecule has 0 aliphatic heterocycles. The summed E-state index contributed by atoms with van der Waals surface area (Å²) >= 11 is 5.27. The molecule has 0 aliphatic carbocycles. The van der Waals surface area contributed by atoms with Crippen LogP contribution in [0, 0.1) is 4.77 Å². The number of nitrogens with one attached hydrogen (secondary N) is 1. The Balaban J connectivity index is 2.10. The molecule has 9 heteroatoms. The minimum Gasteiger partial charge on any atom is -0.507 e. The zero-order valence-corrected chi connectivity index (χ0v) is 15.8. The quantitative estimate of drug-likeness (QED) is 0.499. The predicted molar refractivity (Wildman–Crippen MR) is 104 cm³/mol. The molecule has 1 heterocycles. The lowest BCUT2D eigenvalue weighted by Gasteiger charge is -2.13. The van der Waals surface area contributed by atoms with Gasteiger partial charge in [0, 0.05) is 11.1 Å². The van der Waals surface area contributed by atoms with E-state index in [1.54, 1.807) is 36.4 Å². The summed E-state index contributed by atoms with van der Waals surface area (Å²) < 4.78 is 17.8. The second kappa shape index (κ2) is 7.92. The van der Waals surface area contributed by atoms with Crippen LogP contribution in [0.2, 0.25) is 0 Å². The third-order valence-corrected chi connectivity index (χ3v) is 4.09. The number of hydrogen-bond donors (Lipinski definition) is 2. The van der Waals surface area contributed by atoms with E-state index in [1.165, 1.54) is 32.2 Å². The minimum atomic E-state index is 0.116. The lowest BCUT2D eigenvalue weighted by Crippen LogP contribution is -1.99. The average molecular weight is 386 g/mol. The number of phenols is 1. The number of methoxy groups -OCH3 is 3. The number of para-hydroxylation sites is 1. The fourth-order valence-electron chi connectivity index (χ4n) is 2.51. The van der Waals surface area contributed by atoms with Gasteiger partial charge in [-0.1, -0.05) is 12.1 Å². The van der Waals surface area contributed by atoms with Gasteiger partial charge in [0.25, 0.3) is 0 Å². The summed E-state index contributed by atoms with van der Waals surface area (Å²) in [6.07, 6.45) is 1.50. The van der Waals surface area contributed by atoms with E-state index in [0.717, 1.165) is 0 Å². The average Bonchev–Trinajstić information content (AvgIpc) is 3.06. The maximum atomic E-state index is 9.89. The van der Waals surface area contributed by atoms with Gasteiger partial charge < -0.3 is 19.3 Å². The molecule has 0 amide bonds. The zero-order valence-electron chi connectivity index (χ0n) is 15.0. The molecular weight excluding hydrogens is 368 g/mol. The van der Waals surface area contributed by atoms with Crippen molar-refractivity contribution in [1.29, 1.82) is 0 Å². The molecule has 0 unspecified atom stereocenters. The maximum absolute atomic E-state index is 9.89. The van der Waals surface area contributed by atoms with Crippen LogP contribution in [-0.4, -0.2) is 47.5 Å². The van der Waals surface area contributed by atoms with Crippen molar-refractivity contribution in [2.24, 2.45) is 5.10 Å². The van der Waals surface area contributed by atoms with Crippen LogP contribution in [0.15, 0.2) is 41.5 Å². The van der Waals surface area contributed by atoms with Gasteiger partial charge in [0.2, 0.25) is 10.5 Å². The number of aromatic hydroxyl groups is 1. The highest BCUT2D eigenvalue weighted by Gasteiger charge is 2.17. The number of aromatic amines is 1. The molecule has 2 aromatic carbocycles. The van der Waals surface area contributed by atoms with Crippen LogP contribution < -0.4 is 14.2 Å². The number of benzene rings is 2. The Morgan fingerprint density at radius 3 is 2.37 bits per heavy atom. The first-order chi connectivity index (χ1) is 13.1. The van der Waals surface area contributed by atoms with Crippen LogP contribution in [0.4, 0.5) is 0 Å². The van der Waals surface area contributed by atoms with Crippen molar-refractivity contribution in [2.75, 3.05) is 21.3 Å². The number of phenolic OH excluding ortho intramolecular Hbond substituents is 1. The molecule has 140 valence electrons. The first-order valence-corrected chi connectivity index (χ1v) is 8.30. The minimum absolute atomic E-state index is 0.116. The van der Waals surface area contributed by atoms with Crippen molar-refractivity contribution in [3.05, 3.63) is 46.7 Å². The maximum Gasteiger partial charge on any atom is 0.216 e.